The van der Waals surface area contributed by atoms with Crippen molar-refractivity contribution in [3.05, 3.63) is 23.7 Å². The molecule has 0 bridgehead atoms. The Balaban J connectivity index is 2.34. The third-order valence-corrected chi connectivity index (χ3v) is 2.65. The van der Waals surface area contributed by atoms with Gasteiger partial charge in [0.1, 0.15) is 6.33 Å². The fourth-order valence-electron chi connectivity index (χ4n) is 1.97. The van der Waals surface area contributed by atoms with Crippen molar-refractivity contribution >= 4 is 5.65 Å². The summed E-state index contributed by atoms with van der Waals surface area (Å²) in [4.78, 5) is 0. The minimum absolute atomic E-state index is 0.942. The molecule has 0 N–H and O–H groups in total. The van der Waals surface area contributed by atoms with E-state index in [1.54, 1.807) is 10.8 Å². The summed E-state index contributed by atoms with van der Waals surface area (Å²) in [5, 5.41) is 12.2. The molecule has 0 radical (unpaired) electrons. The molecule has 1 aliphatic carbocycles. The third kappa shape index (κ3) is 0.946. The Morgan fingerprint density at radius 1 is 1.23 bits per heavy atom. The molecule has 2 heterocycles. The van der Waals surface area contributed by atoms with Crippen molar-refractivity contribution in [1.29, 1.82) is 0 Å². The van der Waals surface area contributed by atoms with E-state index in [1.165, 1.54) is 24.0 Å². The van der Waals surface area contributed by atoms with Crippen LogP contribution >= 0.6 is 0 Å². The van der Waals surface area contributed by atoms with E-state index in [9.17, 15) is 0 Å². The first-order valence-electron chi connectivity index (χ1n) is 4.62. The minimum Gasteiger partial charge on any atom is -0.200 e. The molecule has 0 atom stereocenters. The van der Waals surface area contributed by atoms with Gasteiger partial charge in [-0.15, -0.1) is 10.2 Å². The van der Waals surface area contributed by atoms with Crippen molar-refractivity contribution in [2.75, 3.05) is 0 Å². The molecule has 2 aromatic heterocycles. The molecule has 0 saturated carbocycles. The van der Waals surface area contributed by atoms with E-state index >= 15 is 0 Å². The van der Waals surface area contributed by atoms with Gasteiger partial charge < -0.3 is 0 Å². The molecule has 0 amide bonds. The lowest BCUT2D eigenvalue weighted by atomic mass is 9.94. The normalized spacial score (nSPS) is 16.0. The van der Waals surface area contributed by atoms with Crippen LogP contribution in [0.1, 0.15) is 24.0 Å². The van der Waals surface area contributed by atoms with Crippen LogP contribution in [-0.4, -0.2) is 19.8 Å². The highest BCUT2D eigenvalue weighted by Gasteiger charge is 2.14. The zero-order valence-corrected chi connectivity index (χ0v) is 7.27. The van der Waals surface area contributed by atoms with Crippen molar-refractivity contribution in [2.24, 2.45) is 0 Å². The Bertz CT molecular complexity index is 446. The summed E-state index contributed by atoms with van der Waals surface area (Å²) < 4.78 is 1.75. The lowest BCUT2D eigenvalue weighted by Gasteiger charge is -2.14. The Morgan fingerprint density at radius 3 is 3.15 bits per heavy atom. The number of nitrogens with zero attached hydrogens (tertiary/aromatic N) is 4. The molecule has 0 fully saturated rings. The number of aromatic nitrogens is 4. The highest BCUT2D eigenvalue weighted by atomic mass is 15.3. The second-order valence-electron chi connectivity index (χ2n) is 3.45. The first-order valence-corrected chi connectivity index (χ1v) is 4.62. The quantitative estimate of drug-likeness (QED) is 0.598. The van der Waals surface area contributed by atoms with Crippen molar-refractivity contribution in [3.8, 4) is 0 Å². The van der Waals surface area contributed by atoms with Crippen LogP contribution in [0.5, 0.6) is 0 Å². The predicted octanol–water partition coefficient (Wildman–Crippen LogP) is 1.00. The van der Waals surface area contributed by atoms with E-state index in [0.717, 1.165) is 18.5 Å². The number of hydrogen-bond donors (Lipinski definition) is 0. The maximum atomic E-state index is 4.25. The van der Waals surface area contributed by atoms with Crippen LogP contribution in [0.2, 0.25) is 0 Å². The molecule has 1 aliphatic rings. The summed E-state index contributed by atoms with van der Waals surface area (Å²) in [7, 11) is 0. The maximum absolute atomic E-state index is 4.25. The van der Waals surface area contributed by atoms with Gasteiger partial charge in [-0.1, -0.05) is 0 Å². The Labute approximate surface area is 75.6 Å². The van der Waals surface area contributed by atoms with Crippen LogP contribution < -0.4 is 0 Å². The Morgan fingerprint density at radius 2 is 2.15 bits per heavy atom. The number of hydrogen-bond acceptors (Lipinski definition) is 3. The topological polar surface area (TPSA) is 43.1 Å². The SMILES string of the molecule is c1nn2cnnc2c2c1CCCC2. The lowest BCUT2D eigenvalue weighted by molar-refractivity contribution is 0.675. The summed E-state index contributed by atoms with van der Waals surface area (Å²) in [5.74, 6) is 0. The van der Waals surface area contributed by atoms with E-state index in [1.807, 2.05) is 6.20 Å². The molecule has 0 saturated heterocycles. The standard InChI is InChI=1S/C9H10N4/c1-2-4-8-7(3-1)5-11-13-6-10-12-9(8)13/h5-6H,1-4H2. The highest BCUT2D eigenvalue weighted by molar-refractivity contribution is 5.50. The summed E-state index contributed by atoms with van der Waals surface area (Å²) in [5.41, 5.74) is 3.64. The largest absolute Gasteiger partial charge is 0.200 e. The summed E-state index contributed by atoms with van der Waals surface area (Å²) in [6, 6.07) is 0. The van der Waals surface area contributed by atoms with Gasteiger partial charge in [0.2, 0.25) is 0 Å². The lowest BCUT2D eigenvalue weighted by Crippen LogP contribution is -2.07. The Hall–Kier alpha value is -1.45. The molecule has 13 heavy (non-hydrogen) atoms. The van der Waals surface area contributed by atoms with E-state index in [2.05, 4.69) is 15.3 Å². The first kappa shape index (κ1) is 7.00. The van der Waals surface area contributed by atoms with Gasteiger partial charge in [0.25, 0.3) is 0 Å². The van der Waals surface area contributed by atoms with Gasteiger partial charge in [0.05, 0.1) is 6.20 Å². The molecule has 4 nitrogen and oxygen atoms in total. The molecule has 3 rings (SSSR count). The van der Waals surface area contributed by atoms with Crippen molar-refractivity contribution in [3.63, 3.8) is 0 Å². The summed E-state index contributed by atoms with van der Waals surface area (Å²) >= 11 is 0. The molecular weight excluding hydrogens is 164 g/mol. The van der Waals surface area contributed by atoms with Gasteiger partial charge in [-0.3, -0.25) is 0 Å². The van der Waals surface area contributed by atoms with Gasteiger partial charge in [-0.2, -0.15) is 5.10 Å². The van der Waals surface area contributed by atoms with Crippen LogP contribution in [0.4, 0.5) is 0 Å². The zero-order chi connectivity index (χ0) is 8.67. The zero-order valence-electron chi connectivity index (χ0n) is 7.27. The highest BCUT2D eigenvalue weighted by Crippen LogP contribution is 2.22. The number of fused-ring (bicyclic) bond motifs is 3. The monoisotopic (exact) mass is 174 g/mol. The molecule has 4 heteroatoms. The van der Waals surface area contributed by atoms with Crippen LogP contribution in [-0.2, 0) is 12.8 Å². The second-order valence-corrected chi connectivity index (χ2v) is 3.45. The van der Waals surface area contributed by atoms with Gasteiger partial charge in [0.15, 0.2) is 5.65 Å². The van der Waals surface area contributed by atoms with E-state index in [4.69, 9.17) is 0 Å². The first-order chi connectivity index (χ1) is 6.45. The van der Waals surface area contributed by atoms with Gasteiger partial charge in [0, 0.05) is 5.56 Å². The summed E-state index contributed by atoms with van der Waals surface area (Å²) in [6.07, 6.45) is 8.42. The Kier molecular flexibility index (Phi) is 1.36. The van der Waals surface area contributed by atoms with E-state index in [-0.39, 0.29) is 0 Å². The molecule has 2 aromatic rings. The molecule has 0 aromatic carbocycles. The van der Waals surface area contributed by atoms with Crippen molar-refractivity contribution < 1.29 is 0 Å². The van der Waals surface area contributed by atoms with Gasteiger partial charge in [-0.25, -0.2) is 4.52 Å². The maximum Gasteiger partial charge on any atom is 0.180 e. The predicted molar refractivity (Wildman–Crippen MR) is 47.4 cm³/mol. The second kappa shape index (κ2) is 2.52. The fourth-order valence-corrected chi connectivity index (χ4v) is 1.97. The minimum atomic E-state index is 0.942. The van der Waals surface area contributed by atoms with Crippen molar-refractivity contribution in [1.82, 2.24) is 19.8 Å². The molecule has 0 aliphatic heterocycles. The average Bonchev–Trinajstić information content (AvgIpc) is 2.65. The molecule has 0 spiro atoms. The van der Waals surface area contributed by atoms with E-state index in [0.29, 0.717) is 0 Å². The smallest absolute Gasteiger partial charge is 0.180 e. The molecule has 0 unspecified atom stereocenters. The van der Waals surface area contributed by atoms with Crippen LogP contribution in [0, 0.1) is 0 Å². The summed E-state index contributed by atoms with van der Waals surface area (Å²) in [6.45, 7) is 0. The van der Waals surface area contributed by atoms with Crippen LogP contribution in [0.25, 0.3) is 5.65 Å². The van der Waals surface area contributed by atoms with Crippen LogP contribution in [0.15, 0.2) is 12.5 Å². The van der Waals surface area contributed by atoms with Crippen LogP contribution in [0.3, 0.4) is 0 Å². The molecular formula is C9H10N4. The van der Waals surface area contributed by atoms with Crippen molar-refractivity contribution in [2.45, 2.75) is 25.7 Å². The average molecular weight is 174 g/mol. The number of rotatable bonds is 0. The van der Waals surface area contributed by atoms with Gasteiger partial charge in [-0.05, 0) is 31.2 Å². The van der Waals surface area contributed by atoms with E-state index < -0.39 is 0 Å². The molecule has 66 valence electrons. The number of aryl methyl sites for hydroxylation is 2. The van der Waals surface area contributed by atoms with Gasteiger partial charge >= 0.3 is 0 Å². The third-order valence-electron chi connectivity index (χ3n) is 2.65. The fraction of sp³-hybridized carbons (Fsp3) is 0.444.